The molecule has 1 atom stereocenters. The third-order valence-electron chi connectivity index (χ3n) is 2.63. The SMILES string of the molecule is COc1ccc(C(Br)c2ccc(Cl)o2)c(OC)c1Cl. The van der Waals surface area contributed by atoms with Gasteiger partial charge in [0.15, 0.2) is 5.22 Å². The molecule has 0 aliphatic heterocycles. The highest BCUT2D eigenvalue weighted by atomic mass is 79.9. The van der Waals surface area contributed by atoms with Gasteiger partial charge in [-0.15, -0.1) is 0 Å². The normalized spacial score (nSPS) is 12.3. The van der Waals surface area contributed by atoms with E-state index in [4.69, 9.17) is 37.1 Å². The van der Waals surface area contributed by atoms with Crippen LogP contribution >= 0.6 is 39.1 Å². The molecule has 0 amide bonds. The van der Waals surface area contributed by atoms with Gasteiger partial charge in [0, 0.05) is 5.56 Å². The van der Waals surface area contributed by atoms with Crippen LogP contribution in [0.15, 0.2) is 28.7 Å². The first-order valence-corrected chi connectivity index (χ1v) is 7.05. The van der Waals surface area contributed by atoms with E-state index in [2.05, 4.69) is 15.9 Å². The molecule has 6 heteroatoms. The van der Waals surface area contributed by atoms with Crippen LogP contribution in [-0.2, 0) is 0 Å². The largest absolute Gasteiger partial charge is 0.495 e. The lowest BCUT2D eigenvalue weighted by Crippen LogP contribution is -1.98. The fourth-order valence-corrected chi connectivity index (χ4v) is 2.82. The van der Waals surface area contributed by atoms with Gasteiger partial charge in [0.05, 0.1) is 14.2 Å². The lowest BCUT2D eigenvalue weighted by Gasteiger charge is -2.15. The summed E-state index contributed by atoms with van der Waals surface area (Å²) >= 11 is 15.6. The van der Waals surface area contributed by atoms with E-state index in [0.717, 1.165) is 5.56 Å². The second kappa shape index (κ2) is 6.07. The summed E-state index contributed by atoms with van der Waals surface area (Å²) in [7, 11) is 3.11. The molecule has 0 fully saturated rings. The predicted octanol–water partition coefficient (Wildman–Crippen LogP) is 5.09. The molecule has 2 rings (SSSR count). The number of hydrogen-bond acceptors (Lipinski definition) is 3. The molecule has 0 aliphatic carbocycles. The van der Waals surface area contributed by atoms with Gasteiger partial charge in [0.25, 0.3) is 0 Å². The molecular weight excluding hydrogens is 355 g/mol. The van der Waals surface area contributed by atoms with Crippen molar-refractivity contribution in [2.75, 3.05) is 14.2 Å². The Kier molecular flexibility index (Phi) is 4.66. The van der Waals surface area contributed by atoms with Gasteiger partial charge in [-0.2, -0.15) is 0 Å². The minimum atomic E-state index is -0.210. The van der Waals surface area contributed by atoms with Crippen molar-refractivity contribution in [2.24, 2.45) is 0 Å². The summed E-state index contributed by atoms with van der Waals surface area (Å²) in [6.07, 6.45) is 0. The Hall–Kier alpha value is -0.840. The number of methoxy groups -OCH3 is 2. The van der Waals surface area contributed by atoms with E-state index < -0.39 is 0 Å². The first-order valence-electron chi connectivity index (χ1n) is 5.38. The molecule has 1 unspecified atom stereocenters. The zero-order valence-corrected chi connectivity index (χ0v) is 13.3. The van der Waals surface area contributed by atoms with Gasteiger partial charge in [-0.05, 0) is 35.9 Å². The van der Waals surface area contributed by atoms with Crippen molar-refractivity contribution in [2.45, 2.75) is 4.83 Å². The molecule has 0 bridgehead atoms. The number of hydrogen-bond donors (Lipinski definition) is 0. The van der Waals surface area contributed by atoms with Crippen LogP contribution in [0.1, 0.15) is 16.2 Å². The molecule has 102 valence electrons. The highest BCUT2D eigenvalue weighted by Gasteiger charge is 2.22. The summed E-state index contributed by atoms with van der Waals surface area (Å²) in [5, 5.41) is 0.752. The number of rotatable bonds is 4. The lowest BCUT2D eigenvalue weighted by atomic mass is 10.1. The summed E-state index contributed by atoms with van der Waals surface area (Å²) in [6.45, 7) is 0. The molecule has 0 N–H and O–H groups in total. The molecular formula is C13H11BrCl2O3. The van der Waals surface area contributed by atoms with Crippen molar-refractivity contribution in [3.63, 3.8) is 0 Å². The van der Waals surface area contributed by atoms with Gasteiger partial charge >= 0.3 is 0 Å². The third-order valence-corrected chi connectivity index (χ3v) is 4.14. The molecule has 1 heterocycles. The second-order valence-corrected chi connectivity index (χ2v) is 5.37. The maximum Gasteiger partial charge on any atom is 0.193 e. The van der Waals surface area contributed by atoms with Crippen LogP contribution in [0.2, 0.25) is 10.2 Å². The monoisotopic (exact) mass is 364 g/mol. The van der Waals surface area contributed by atoms with Crippen LogP contribution < -0.4 is 9.47 Å². The average Bonchev–Trinajstić information content (AvgIpc) is 2.84. The Bertz CT molecular complexity index is 583. The van der Waals surface area contributed by atoms with Crippen molar-refractivity contribution in [1.82, 2.24) is 0 Å². The Morgan fingerprint density at radius 1 is 1.11 bits per heavy atom. The fourth-order valence-electron chi connectivity index (χ4n) is 1.74. The maximum atomic E-state index is 6.22. The van der Waals surface area contributed by atoms with E-state index in [0.29, 0.717) is 27.5 Å². The molecule has 0 radical (unpaired) electrons. The Morgan fingerprint density at radius 3 is 2.37 bits per heavy atom. The predicted molar refractivity (Wildman–Crippen MR) is 79.0 cm³/mol. The lowest BCUT2D eigenvalue weighted by molar-refractivity contribution is 0.391. The number of ether oxygens (including phenoxy) is 2. The summed E-state index contributed by atoms with van der Waals surface area (Å²) in [6, 6.07) is 7.11. The van der Waals surface area contributed by atoms with Crippen molar-refractivity contribution >= 4 is 39.1 Å². The molecule has 1 aromatic carbocycles. The van der Waals surface area contributed by atoms with Crippen LogP contribution in [-0.4, -0.2) is 14.2 Å². The molecule has 1 aromatic heterocycles. The molecule has 0 spiro atoms. The summed E-state index contributed by atoms with van der Waals surface area (Å²) in [4.78, 5) is -0.210. The van der Waals surface area contributed by atoms with Gasteiger partial charge in [-0.25, -0.2) is 0 Å². The summed E-state index contributed by atoms with van der Waals surface area (Å²) < 4.78 is 15.9. The zero-order valence-electron chi connectivity index (χ0n) is 10.2. The topological polar surface area (TPSA) is 31.6 Å². The molecule has 2 aromatic rings. The Balaban J connectivity index is 2.47. The second-order valence-electron chi connectivity index (χ2n) is 3.71. The molecule has 19 heavy (non-hydrogen) atoms. The summed E-state index contributed by atoms with van der Waals surface area (Å²) in [5.41, 5.74) is 0.833. The quantitative estimate of drug-likeness (QED) is 0.707. The Morgan fingerprint density at radius 2 is 1.84 bits per heavy atom. The van der Waals surface area contributed by atoms with Crippen molar-refractivity contribution in [3.05, 3.63) is 45.8 Å². The number of halogens is 3. The van der Waals surface area contributed by atoms with Gasteiger partial charge in [0.1, 0.15) is 27.1 Å². The molecule has 0 saturated heterocycles. The van der Waals surface area contributed by atoms with Gasteiger partial charge in [-0.1, -0.05) is 27.5 Å². The number of furan rings is 1. The van der Waals surface area contributed by atoms with Crippen molar-refractivity contribution in [3.8, 4) is 11.5 Å². The van der Waals surface area contributed by atoms with Crippen LogP contribution in [0.3, 0.4) is 0 Å². The van der Waals surface area contributed by atoms with E-state index in [1.54, 1.807) is 32.4 Å². The van der Waals surface area contributed by atoms with E-state index in [9.17, 15) is 0 Å². The van der Waals surface area contributed by atoms with Crippen LogP contribution in [0.5, 0.6) is 11.5 Å². The van der Waals surface area contributed by atoms with Crippen LogP contribution in [0, 0.1) is 0 Å². The van der Waals surface area contributed by atoms with Crippen molar-refractivity contribution in [1.29, 1.82) is 0 Å². The highest BCUT2D eigenvalue weighted by Crippen LogP contribution is 2.44. The molecule has 0 saturated carbocycles. The minimum absolute atomic E-state index is 0.210. The fraction of sp³-hybridized carbons (Fsp3) is 0.231. The van der Waals surface area contributed by atoms with Gasteiger partial charge < -0.3 is 13.9 Å². The number of alkyl halides is 1. The van der Waals surface area contributed by atoms with Crippen molar-refractivity contribution < 1.29 is 13.9 Å². The zero-order chi connectivity index (χ0) is 14.0. The smallest absolute Gasteiger partial charge is 0.193 e. The van der Waals surface area contributed by atoms with Gasteiger partial charge in [0.2, 0.25) is 0 Å². The number of benzene rings is 1. The van der Waals surface area contributed by atoms with E-state index in [1.165, 1.54) is 0 Å². The van der Waals surface area contributed by atoms with E-state index >= 15 is 0 Å². The minimum Gasteiger partial charge on any atom is -0.495 e. The first-order chi connectivity index (χ1) is 9.08. The Labute approximate surface area is 129 Å². The highest BCUT2D eigenvalue weighted by molar-refractivity contribution is 9.09. The first kappa shape index (κ1) is 14.6. The molecule has 3 nitrogen and oxygen atoms in total. The third kappa shape index (κ3) is 2.86. The maximum absolute atomic E-state index is 6.22. The van der Waals surface area contributed by atoms with Crippen LogP contribution in [0.4, 0.5) is 0 Å². The average molecular weight is 366 g/mol. The van der Waals surface area contributed by atoms with E-state index in [1.807, 2.05) is 6.07 Å². The van der Waals surface area contributed by atoms with Gasteiger partial charge in [-0.3, -0.25) is 0 Å². The molecule has 0 aliphatic rings. The standard InChI is InChI=1S/C13H11BrCl2O3/c1-17-9-4-3-7(13(18-2)12(9)16)11(14)8-5-6-10(15)19-8/h3-6,11H,1-2H3. The van der Waals surface area contributed by atoms with E-state index in [-0.39, 0.29) is 4.83 Å². The summed E-state index contributed by atoms with van der Waals surface area (Å²) in [5.74, 6) is 1.76. The van der Waals surface area contributed by atoms with Crippen LogP contribution in [0.25, 0.3) is 0 Å².